The zero-order valence-corrected chi connectivity index (χ0v) is 17.0. The molecule has 1 amide bonds. The maximum absolute atomic E-state index is 13.7. The molecule has 0 radical (unpaired) electrons. The van der Waals surface area contributed by atoms with E-state index in [9.17, 15) is 19.3 Å². The number of nitro groups is 1. The van der Waals surface area contributed by atoms with E-state index in [1.807, 2.05) is 36.4 Å². The first kappa shape index (κ1) is 21.0. The van der Waals surface area contributed by atoms with Crippen molar-refractivity contribution in [3.05, 3.63) is 99.4 Å². The van der Waals surface area contributed by atoms with Gasteiger partial charge in [0.1, 0.15) is 6.61 Å². The van der Waals surface area contributed by atoms with E-state index in [-0.39, 0.29) is 30.3 Å². The van der Waals surface area contributed by atoms with Gasteiger partial charge >= 0.3 is 6.09 Å². The zero-order valence-electron chi connectivity index (χ0n) is 17.0. The number of fused-ring (bicyclic) bond motifs is 3. The molecule has 0 unspecified atom stereocenters. The van der Waals surface area contributed by atoms with E-state index < -0.39 is 22.5 Å². The van der Waals surface area contributed by atoms with Gasteiger partial charge in [-0.05, 0) is 22.3 Å². The average Bonchev–Trinajstić information content (AvgIpc) is 3.11. The van der Waals surface area contributed by atoms with E-state index in [4.69, 9.17) is 10.5 Å². The van der Waals surface area contributed by atoms with E-state index >= 15 is 0 Å². The van der Waals surface area contributed by atoms with Gasteiger partial charge in [-0.2, -0.15) is 0 Å². The third-order valence-electron chi connectivity index (χ3n) is 5.36. The minimum Gasteiger partial charge on any atom is -0.449 e. The number of nitrogen functional groups attached to an aromatic ring is 1. The Labute approximate surface area is 183 Å². The summed E-state index contributed by atoms with van der Waals surface area (Å²) in [6.45, 7) is 0.271. The van der Waals surface area contributed by atoms with E-state index in [1.165, 1.54) is 18.2 Å². The van der Waals surface area contributed by atoms with Crippen molar-refractivity contribution in [2.24, 2.45) is 0 Å². The SMILES string of the molecule is Nc1c(F)cc([N+](=O)[O-])cc1C=CCNC(=O)OCC1c2ccccc2-c2ccccc21. The summed E-state index contributed by atoms with van der Waals surface area (Å²) in [5.41, 5.74) is 9.70. The summed E-state index contributed by atoms with van der Waals surface area (Å²) < 4.78 is 19.2. The summed E-state index contributed by atoms with van der Waals surface area (Å²) in [6.07, 6.45) is 2.32. The molecule has 1 aliphatic rings. The van der Waals surface area contributed by atoms with Crippen LogP contribution >= 0.6 is 0 Å². The number of amides is 1. The van der Waals surface area contributed by atoms with Gasteiger partial charge in [0.25, 0.3) is 5.69 Å². The summed E-state index contributed by atoms with van der Waals surface area (Å²) in [4.78, 5) is 22.3. The fourth-order valence-electron chi connectivity index (χ4n) is 3.85. The highest BCUT2D eigenvalue weighted by molar-refractivity contribution is 5.79. The van der Waals surface area contributed by atoms with Crippen LogP contribution in [0, 0.1) is 15.9 Å². The second-order valence-corrected chi connectivity index (χ2v) is 7.30. The Hall–Kier alpha value is -4.20. The highest BCUT2D eigenvalue weighted by Crippen LogP contribution is 2.44. The third-order valence-corrected chi connectivity index (χ3v) is 5.36. The van der Waals surface area contributed by atoms with Gasteiger partial charge in [0.05, 0.1) is 16.7 Å². The van der Waals surface area contributed by atoms with Gasteiger partial charge in [-0.1, -0.05) is 60.7 Å². The number of ether oxygens (including phenoxy) is 1. The first-order valence-corrected chi connectivity index (χ1v) is 9.94. The summed E-state index contributed by atoms with van der Waals surface area (Å²) >= 11 is 0. The molecule has 32 heavy (non-hydrogen) atoms. The first-order valence-electron chi connectivity index (χ1n) is 9.94. The van der Waals surface area contributed by atoms with Crippen LogP contribution in [0.4, 0.5) is 20.6 Å². The minimum atomic E-state index is -0.872. The lowest BCUT2D eigenvalue weighted by atomic mass is 9.98. The number of non-ortho nitro benzene ring substituents is 1. The van der Waals surface area contributed by atoms with Crippen LogP contribution in [-0.4, -0.2) is 24.2 Å². The molecule has 1 aliphatic carbocycles. The molecule has 0 fully saturated rings. The number of carbonyl (C=O) groups excluding carboxylic acids is 1. The van der Waals surface area contributed by atoms with Gasteiger partial charge in [0.2, 0.25) is 0 Å². The Morgan fingerprint density at radius 1 is 1.12 bits per heavy atom. The summed E-state index contributed by atoms with van der Waals surface area (Å²) in [6, 6.07) is 18.0. The van der Waals surface area contributed by atoms with Crippen molar-refractivity contribution < 1.29 is 18.8 Å². The van der Waals surface area contributed by atoms with Crippen LogP contribution in [0.15, 0.2) is 66.7 Å². The van der Waals surface area contributed by atoms with Crippen LogP contribution in [0.3, 0.4) is 0 Å². The molecule has 0 atom stereocenters. The highest BCUT2D eigenvalue weighted by Gasteiger charge is 2.28. The molecule has 0 aliphatic heterocycles. The van der Waals surface area contributed by atoms with E-state index in [0.29, 0.717) is 0 Å². The van der Waals surface area contributed by atoms with Crippen LogP contribution in [-0.2, 0) is 4.74 Å². The predicted molar refractivity (Wildman–Crippen MR) is 120 cm³/mol. The van der Waals surface area contributed by atoms with E-state index in [2.05, 4.69) is 17.4 Å². The number of nitrogens with zero attached hydrogens (tertiary/aromatic N) is 1. The highest BCUT2D eigenvalue weighted by atomic mass is 19.1. The molecule has 8 heteroatoms. The number of hydrogen-bond donors (Lipinski definition) is 2. The smallest absolute Gasteiger partial charge is 0.407 e. The van der Waals surface area contributed by atoms with Gasteiger partial charge in [-0.25, -0.2) is 9.18 Å². The Balaban J connectivity index is 1.36. The number of nitro benzene ring substituents is 1. The van der Waals surface area contributed by atoms with Crippen LogP contribution in [0.25, 0.3) is 17.2 Å². The fraction of sp³-hybridized carbons (Fsp3) is 0.125. The molecule has 0 saturated heterocycles. The van der Waals surface area contributed by atoms with Crippen molar-refractivity contribution in [1.29, 1.82) is 0 Å². The first-order chi connectivity index (χ1) is 15.5. The van der Waals surface area contributed by atoms with Crippen LogP contribution in [0.1, 0.15) is 22.6 Å². The number of nitrogens with one attached hydrogen (secondary N) is 1. The molecule has 3 aromatic rings. The lowest BCUT2D eigenvalue weighted by Crippen LogP contribution is -2.26. The Bertz CT molecular complexity index is 1180. The molecule has 4 rings (SSSR count). The zero-order chi connectivity index (χ0) is 22.7. The van der Waals surface area contributed by atoms with Crippen molar-refractivity contribution in [2.45, 2.75) is 5.92 Å². The monoisotopic (exact) mass is 433 g/mol. The number of hydrogen-bond acceptors (Lipinski definition) is 5. The lowest BCUT2D eigenvalue weighted by Gasteiger charge is -2.14. The second kappa shape index (κ2) is 8.89. The molecular weight excluding hydrogens is 413 g/mol. The number of halogens is 1. The van der Waals surface area contributed by atoms with Crippen molar-refractivity contribution in [1.82, 2.24) is 5.32 Å². The second-order valence-electron chi connectivity index (χ2n) is 7.30. The number of rotatable bonds is 6. The lowest BCUT2D eigenvalue weighted by molar-refractivity contribution is -0.385. The maximum atomic E-state index is 13.7. The molecule has 7 nitrogen and oxygen atoms in total. The van der Waals surface area contributed by atoms with Gasteiger partial charge in [0, 0.05) is 24.1 Å². The molecule has 0 spiro atoms. The molecule has 162 valence electrons. The number of alkyl carbamates (subject to hydrolysis) is 1. The van der Waals surface area contributed by atoms with Gasteiger partial charge in [0.15, 0.2) is 5.82 Å². The van der Waals surface area contributed by atoms with E-state index in [0.717, 1.165) is 28.3 Å². The average molecular weight is 433 g/mol. The van der Waals surface area contributed by atoms with Crippen molar-refractivity contribution in [2.75, 3.05) is 18.9 Å². The van der Waals surface area contributed by atoms with Gasteiger partial charge in [-0.15, -0.1) is 0 Å². The summed E-state index contributed by atoms with van der Waals surface area (Å²) in [5.74, 6) is -0.917. The molecular formula is C24H20FN3O4. The number of carbonyl (C=O) groups is 1. The number of anilines is 1. The maximum Gasteiger partial charge on any atom is 0.407 e. The predicted octanol–water partition coefficient (Wildman–Crippen LogP) is 4.87. The van der Waals surface area contributed by atoms with Crippen molar-refractivity contribution >= 4 is 23.5 Å². The Morgan fingerprint density at radius 3 is 2.38 bits per heavy atom. The molecule has 0 bridgehead atoms. The third kappa shape index (κ3) is 4.15. The van der Waals surface area contributed by atoms with Crippen LogP contribution in [0.2, 0.25) is 0 Å². The topological polar surface area (TPSA) is 107 Å². The Morgan fingerprint density at radius 2 is 1.75 bits per heavy atom. The van der Waals surface area contributed by atoms with Gasteiger partial charge < -0.3 is 15.8 Å². The molecule has 0 saturated carbocycles. The van der Waals surface area contributed by atoms with Gasteiger partial charge in [-0.3, -0.25) is 10.1 Å². The molecule has 3 N–H and O–H groups in total. The largest absolute Gasteiger partial charge is 0.449 e. The van der Waals surface area contributed by atoms with Crippen molar-refractivity contribution in [3.63, 3.8) is 0 Å². The van der Waals surface area contributed by atoms with Crippen LogP contribution < -0.4 is 11.1 Å². The van der Waals surface area contributed by atoms with E-state index in [1.54, 1.807) is 0 Å². The Kier molecular flexibility index (Phi) is 5.85. The molecule has 0 heterocycles. The number of nitrogens with two attached hydrogens (primary N) is 1. The quantitative estimate of drug-likeness (QED) is 0.328. The number of benzene rings is 3. The molecule has 3 aromatic carbocycles. The standard InChI is InChI=1S/C24H20FN3O4/c25-22-13-16(28(30)31)12-15(23(22)26)6-5-11-27-24(29)32-14-21-19-9-3-1-7-17(19)18-8-2-4-10-20(18)21/h1-10,12-13,21H,11,14,26H2,(H,27,29). The summed E-state index contributed by atoms with van der Waals surface area (Å²) in [5, 5.41) is 13.5. The molecule has 0 aromatic heterocycles. The fourth-order valence-corrected chi connectivity index (χ4v) is 3.85. The van der Waals surface area contributed by atoms with Crippen molar-refractivity contribution in [3.8, 4) is 11.1 Å². The summed E-state index contributed by atoms with van der Waals surface area (Å²) in [7, 11) is 0. The minimum absolute atomic E-state index is 0.0451. The normalized spacial score (nSPS) is 12.4. The van der Waals surface area contributed by atoms with Crippen LogP contribution in [0.5, 0.6) is 0 Å².